The quantitative estimate of drug-likeness (QED) is 0.667. The van der Waals surface area contributed by atoms with E-state index in [-0.39, 0.29) is 5.60 Å². The van der Waals surface area contributed by atoms with Crippen LogP contribution in [-0.2, 0) is 4.74 Å². The molecule has 1 heterocycles. The average molecular weight is 255 g/mol. The molecule has 2 atom stereocenters. The molecular weight excluding hydrogens is 222 g/mol. The Bertz CT molecular complexity index is 235. The van der Waals surface area contributed by atoms with Crippen molar-refractivity contribution in [3.8, 4) is 0 Å². The first-order valence-corrected chi connectivity index (χ1v) is 7.98. The molecule has 0 unspecified atom stereocenters. The summed E-state index contributed by atoms with van der Waals surface area (Å²) in [4.78, 5) is 2.62. The minimum atomic E-state index is 0.0973. The summed E-state index contributed by atoms with van der Waals surface area (Å²) in [5.41, 5.74) is 0.0973. The summed E-state index contributed by atoms with van der Waals surface area (Å²) in [6.45, 7) is 14.9. The topological polar surface area (TPSA) is 12.5 Å². The third-order valence-electron chi connectivity index (χ3n) is 4.54. The summed E-state index contributed by atoms with van der Waals surface area (Å²) < 4.78 is 6.53. The predicted octanol–water partition coefficient (Wildman–Crippen LogP) is 4.44. The van der Waals surface area contributed by atoms with Crippen LogP contribution < -0.4 is 0 Å². The average Bonchev–Trinajstić information content (AvgIpc) is 2.63. The van der Waals surface area contributed by atoms with Crippen molar-refractivity contribution in [2.75, 3.05) is 6.54 Å². The van der Waals surface area contributed by atoms with Gasteiger partial charge in [-0.05, 0) is 38.1 Å². The zero-order chi connectivity index (χ0) is 13.8. The second kappa shape index (κ2) is 6.91. The SMILES string of the molecule is CCC[C@@H]1OC(CC)(CC)[C@H](CC(C)C)N1CC. The van der Waals surface area contributed by atoms with E-state index < -0.39 is 0 Å². The van der Waals surface area contributed by atoms with Crippen LogP contribution in [0.3, 0.4) is 0 Å². The molecule has 0 radical (unpaired) electrons. The number of likely N-dealkylation sites (N-methyl/N-ethyl adjacent to an activating group) is 1. The van der Waals surface area contributed by atoms with Gasteiger partial charge >= 0.3 is 0 Å². The maximum atomic E-state index is 6.53. The Morgan fingerprint density at radius 2 is 1.72 bits per heavy atom. The molecule has 1 fully saturated rings. The molecule has 0 spiro atoms. The monoisotopic (exact) mass is 255 g/mol. The number of nitrogens with zero attached hydrogens (tertiary/aromatic N) is 1. The lowest BCUT2D eigenvalue weighted by atomic mass is 9.83. The van der Waals surface area contributed by atoms with Crippen molar-refractivity contribution in [2.45, 2.75) is 91.5 Å². The second-order valence-electron chi connectivity index (χ2n) is 6.11. The number of rotatable bonds is 7. The molecule has 0 aromatic carbocycles. The van der Waals surface area contributed by atoms with Crippen LogP contribution in [0.15, 0.2) is 0 Å². The van der Waals surface area contributed by atoms with E-state index in [1.165, 1.54) is 19.3 Å². The van der Waals surface area contributed by atoms with E-state index in [1.807, 2.05) is 0 Å². The Kier molecular flexibility index (Phi) is 6.13. The van der Waals surface area contributed by atoms with Crippen LogP contribution >= 0.6 is 0 Å². The molecule has 0 aromatic heterocycles. The zero-order valence-electron chi connectivity index (χ0n) is 13.3. The lowest BCUT2D eigenvalue weighted by Gasteiger charge is -2.35. The van der Waals surface area contributed by atoms with Gasteiger partial charge in [0.15, 0.2) is 0 Å². The van der Waals surface area contributed by atoms with E-state index in [0.717, 1.165) is 25.3 Å². The Morgan fingerprint density at radius 1 is 1.11 bits per heavy atom. The van der Waals surface area contributed by atoms with Gasteiger partial charge in [0.25, 0.3) is 0 Å². The lowest BCUT2D eigenvalue weighted by molar-refractivity contribution is -0.0676. The lowest BCUT2D eigenvalue weighted by Crippen LogP contribution is -2.46. The van der Waals surface area contributed by atoms with E-state index in [9.17, 15) is 0 Å². The molecule has 0 amide bonds. The van der Waals surface area contributed by atoms with E-state index in [4.69, 9.17) is 4.74 Å². The zero-order valence-corrected chi connectivity index (χ0v) is 13.3. The first-order chi connectivity index (χ1) is 8.54. The molecule has 2 heteroatoms. The molecule has 0 aliphatic carbocycles. The highest BCUT2D eigenvalue weighted by atomic mass is 16.5. The van der Waals surface area contributed by atoms with Gasteiger partial charge in [-0.2, -0.15) is 0 Å². The van der Waals surface area contributed by atoms with Gasteiger partial charge in [0.05, 0.1) is 5.60 Å². The van der Waals surface area contributed by atoms with Crippen LogP contribution in [0.4, 0.5) is 0 Å². The third-order valence-corrected chi connectivity index (χ3v) is 4.54. The number of hydrogen-bond donors (Lipinski definition) is 0. The highest BCUT2D eigenvalue weighted by Crippen LogP contribution is 2.41. The molecule has 1 saturated heterocycles. The Balaban J connectivity index is 2.94. The molecular formula is C16H33NO. The smallest absolute Gasteiger partial charge is 0.111 e. The van der Waals surface area contributed by atoms with Crippen molar-refractivity contribution in [3.63, 3.8) is 0 Å². The molecule has 18 heavy (non-hydrogen) atoms. The van der Waals surface area contributed by atoms with E-state index in [0.29, 0.717) is 12.3 Å². The molecule has 0 N–H and O–H groups in total. The van der Waals surface area contributed by atoms with E-state index in [1.54, 1.807) is 0 Å². The first kappa shape index (κ1) is 16.0. The Morgan fingerprint density at radius 3 is 2.11 bits per heavy atom. The summed E-state index contributed by atoms with van der Waals surface area (Å²) in [5.74, 6) is 0.741. The Labute approximate surface area is 114 Å². The van der Waals surface area contributed by atoms with Gasteiger partial charge in [-0.3, -0.25) is 4.90 Å². The Hall–Kier alpha value is -0.0800. The minimum Gasteiger partial charge on any atom is -0.355 e. The fourth-order valence-electron chi connectivity index (χ4n) is 3.50. The maximum Gasteiger partial charge on any atom is 0.111 e. The highest BCUT2D eigenvalue weighted by molar-refractivity contribution is 4.99. The molecule has 1 rings (SSSR count). The van der Waals surface area contributed by atoms with Gasteiger partial charge < -0.3 is 4.74 Å². The predicted molar refractivity (Wildman–Crippen MR) is 78.7 cm³/mol. The highest BCUT2D eigenvalue weighted by Gasteiger charge is 2.49. The van der Waals surface area contributed by atoms with Gasteiger partial charge in [0, 0.05) is 6.04 Å². The molecule has 0 saturated carbocycles. The van der Waals surface area contributed by atoms with Crippen LogP contribution in [0.1, 0.15) is 73.6 Å². The van der Waals surface area contributed by atoms with Crippen molar-refractivity contribution < 1.29 is 4.74 Å². The largest absolute Gasteiger partial charge is 0.355 e. The van der Waals surface area contributed by atoms with Gasteiger partial charge in [-0.1, -0.05) is 48.0 Å². The number of ether oxygens (including phenoxy) is 1. The fourth-order valence-corrected chi connectivity index (χ4v) is 3.50. The van der Waals surface area contributed by atoms with Crippen LogP contribution in [0.25, 0.3) is 0 Å². The van der Waals surface area contributed by atoms with Crippen LogP contribution in [0.2, 0.25) is 0 Å². The summed E-state index contributed by atoms with van der Waals surface area (Å²) in [6, 6.07) is 0.606. The van der Waals surface area contributed by atoms with Crippen LogP contribution in [0, 0.1) is 5.92 Å². The van der Waals surface area contributed by atoms with Gasteiger partial charge in [0.1, 0.15) is 6.23 Å². The summed E-state index contributed by atoms with van der Waals surface area (Å²) in [6.07, 6.45) is 6.26. The molecule has 0 bridgehead atoms. The van der Waals surface area contributed by atoms with Crippen LogP contribution in [0.5, 0.6) is 0 Å². The maximum absolute atomic E-state index is 6.53. The number of hydrogen-bond acceptors (Lipinski definition) is 2. The molecule has 2 nitrogen and oxygen atoms in total. The molecule has 1 aliphatic rings. The second-order valence-corrected chi connectivity index (χ2v) is 6.11. The van der Waals surface area contributed by atoms with E-state index >= 15 is 0 Å². The summed E-state index contributed by atoms with van der Waals surface area (Å²) in [7, 11) is 0. The van der Waals surface area contributed by atoms with Crippen molar-refractivity contribution in [3.05, 3.63) is 0 Å². The first-order valence-electron chi connectivity index (χ1n) is 7.98. The molecule has 1 aliphatic heterocycles. The van der Waals surface area contributed by atoms with E-state index in [2.05, 4.69) is 46.4 Å². The van der Waals surface area contributed by atoms with Gasteiger partial charge in [0.2, 0.25) is 0 Å². The van der Waals surface area contributed by atoms with Gasteiger partial charge in [-0.25, -0.2) is 0 Å². The molecule has 108 valence electrons. The normalized spacial score (nSPS) is 28.2. The standard InChI is InChI=1S/C16H33NO/c1-7-11-15-17(10-4)14(12-13(5)6)16(8-2,9-3)18-15/h13-15H,7-12H2,1-6H3/t14-,15-/m0/s1. The summed E-state index contributed by atoms with van der Waals surface area (Å²) >= 11 is 0. The molecule has 0 aromatic rings. The van der Waals surface area contributed by atoms with Gasteiger partial charge in [-0.15, -0.1) is 0 Å². The van der Waals surface area contributed by atoms with Crippen molar-refractivity contribution in [1.29, 1.82) is 0 Å². The van der Waals surface area contributed by atoms with Crippen molar-refractivity contribution in [1.82, 2.24) is 4.90 Å². The summed E-state index contributed by atoms with van der Waals surface area (Å²) in [5, 5.41) is 0. The van der Waals surface area contributed by atoms with Crippen molar-refractivity contribution >= 4 is 0 Å². The third kappa shape index (κ3) is 3.08. The van der Waals surface area contributed by atoms with Crippen molar-refractivity contribution in [2.24, 2.45) is 5.92 Å². The minimum absolute atomic E-state index is 0.0973. The van der Waals surface area contributed by atoms with Crippen LogP contribution in [-0.4, -0.2) is 29.3 Å². The fraction of sp³-hybridized carbons (Fsp3) is 1.00.